The Morgan fingerprint density at radius 2 is 1.32 bits per heavy atom. The molecular formula is C14H34N4P+. The van der Waals surface area contributed by atoms with Gasteiger partial charge < -0.3 is 0 Å². The van der Waals surface area contributed by atoms with E-state index in [1.807, 2.05) is 0 Å². The van der Waals surface area contributed by atoms with Gasteiger partial charge in [0.05, 0.1) is 6.21 Å². The average molecular weight is 289 g/mol. The molecule has 0 radical (unpaired) electrons. The van der Waals surface area contributed by atoms with Crippen molar-refractivity contribution in [3.05, 3.63) is 0 Å². The molecule has 0 aliphatic carbocycles. The van der Waals surface area contributed by atoms with Crippen LogP contribution in [0.1, 0.15) is 34.1 Å². The van der Waals surface area contributed by atoms with Gasteiger partial charge in [0.1, 0.15) is 0 Å². The van der Waals surface area contributed by atoms with Crippen molar-refractivity contribution in [1.82, 2.24) is 14.0 Å². The molecule has 114 valence electrons. The van der Waals surface area contributed by atoms with Crippen LogP contribution in [0, 0.1) is 11.3 Å². The molecule has 0 spiro atoms. The van der Waals surface area contributed by atoms with Crippen LogP contribution < -0.4 is 0 Å². The van der Waals surface area contributed by atoms with Gasteiger partial charge in [0.25, 0.3) is 0 Å². The molecule has 0 heterocycles. The number of nitrogens with zero attached hydrogens (tertiary/aromatic N) is 4. The van der Waals surface area contributed by atoms with Gasteiger partial charge in [0.2, 0.25) is 0 Å². The molecule has 0 N–H and O–H groups in total. The smallest absolute Gasteiger partial charge is 0.134 e. The van der Waals surface area contributed by atoms with E-state index in [0.29, 0.717) is 11.3 Å². The molecule has 0 fully saturated rings. The zero-order valence-electron chi connectivity index (χ0n) is 14.6. The summed E-state index contributed by atoms with van der Waals surface area (Å²) < 4.78 is 11.7. The van der Waals surface area contributed by atoms with Gasteiger partial charge in [-0.3, -0.25) is 0 Å². The summed E-state index contributed by atoms with van der Waals surface area (Å²) in [5.41, 5.74) is 0.348. The topological polar surface area (TPSA) is 22.1 Å². The maximum absolute atomic E-state index is 5.00. The molecule has 1 atom stereocenters. The minimum atomic E-state index is -1.76. The van der Waals surface area contributed by atoms with Crippen molar-refractivity contribution in [2.75, 3.05) is 42.3 Å². The highest BCUT2D eigenvalue weighted by atomic mass is 31.2. The Morgan fingerprint density at radius 3 is 1.58 bits per heavy atom. The molecule has 0 saturated carbocycles. The van der Waals surface area contributed by atoms with E-state index in [1.54, 1.807) is 0 Å². The number of hydrogen-bond donors (Lipinski definition) is 0. The molecule has 0 saturated heterocycles. The lowest BCUT2D eigenvalue weighted by Gasteiger charge is -2.35. The van der Waals surface area contributed by atoms with Crippen LogP contribution in [0.15, 0.2) is 4.76 Å². The quantitative estimate of drug-likeness (QED) is 0.552. The Kier molecular flexibility index (Phi) is 7.11. The van der Waals surface area contributed by atoms with Crippen molar-refractivity contribution in [2.24, 2.45) is 16.1 Å². The molecule has 5 heteroatoms. The Morgan fingerprint density at radius 1 is 0.947 bits per heavy atom. The van der Waals surface area contributed by atoms with Gasteiger partial charge in [-0.25, -0.2) is 0 Å². The fraction of sp³-hybridized carbons (Fsp3) is 0.929. The molecule has 0 aromatic carbocycles. The van der Waals surface area contributed by atoms with E-state index >= 15 is 0 Å². The largest absolute Gasteiger partial charge is 0.352 e. The predicted octanol–water partition coefficient (Wildman–Crippen LogP) is 3.49. The van der Waals surface area contributed by atoms with Crippen molar-refractivity contribution in [2.45, 2.75) is 34.1 Å². The minimum Gasteiger partial charge on any atom is -0.134 e. The molecule has 0 aliphatic rings. The molecule has 0 rings (SSSR count). The Hall–Kier alpha value is -0.0200. The highest BCUT2D eigenvalue weighted by Crippen LogP contribution is 2.64. The highest BCUT2D eigenvalue weighted by molar-refractivity contribution is 7.67. The lowest BCUT2D eigenvalue weighted by Crippen LogP contribution is -2.34. The Labute approximate surface area is 121 Å². The van der Waals surface area contributed by atoms with Crippen LogP contribution >= 0.6 is 7.87 Å². The van der Waals surface area contributed by atoms with Gasteiger partial charge in [-0.15, -0.1) is 14.0 Å². The molecule has 1 unspecified atom stereocenters. The lowest BCUT2D eigenvalue weighted by atomic mass is 9.86. The maximum Gasteiger partial charge on any atom is 0.352 e. The van der Waals surface area contributed by atoms with E-state index < -0.39 is 7.87 Å². The molecular weight excluding hydrogens is 255 g/mol. The van der Waals surface area contributed by atoms with Crippen molar-refractivity contribution in [3.8, 4) is 0 Å². The van der Waals surface area contributed by atoms with Gasteiger partial charge in [-0.05, 0) is 17.8 Å². The molecule has 0 aromatic heterocycles. The first-order valence-corrected chi connectivity index (χ1v) is 8.51. The summed E-state index contributed by atoms with van der Waals surface area (Å²) >= 11 is 0. The lowest BCUT2D eigenvalue weighted by molar-refractivity contribution is 0.348. The standard InChI is InChI=1S/C14H34N4P/c1-13(11-14(2,3)4)12-15-19(16(5)6,17(7)8)18(9)10/h12-13H,11H2,1-10H3/q+1. The summed E-state index contributed by atoms with van der Waals surface area (Å²) in [6, 6.07) is 0. The van der Waals surface area contributed by atoms with Crippen LogP contribution in [0.2, 0.25) is 0 Å². The fourth-order valence-electron chi connectivity index (χ4n) is 2.61. The van der Waals surface area contributed by atoms with E-state index in [1.165, 1.54) is 0 Å². The molecule has 19 heavy (non-hydrogen) atoms. The average Bonchev–Trinajstić information content (AvgIpc) is 2.13. The van der Waals surface area contributed by atoms with Crippen molar-refractivity contribution < 1.29 is 0 Å². The monoisotopic (exact) mass is 289 g/mol. The Bertz CT molecular complexity index is 271. The summed E-state index contributed by atoms with van der Waals surface area (Å²) in [6.45, 7) is 9.10. The SMILES string of the molecule is CC(C=N[P+](N(C)C)(N(C)C)N(C)C)CC(C)(C)C. The first-order chi connectivity index (χ1) is 8.43. The van der Waals surface area contributed by atoms with Crippen LogP contribution in [0.4, 0.5) is 0 Å². The third-order valence-electron chi connectivity index (χ3n) is 3.02. The van der Waals surface area contributed by atoms with Gasteiger partial charge in [-0.1, -0.05) is 32.5 Å². The van der Waals surface area contributed by atoms with Crippen LogP contribution in [0.25, 0.3) is 0 Å². The summed E-state index contributed by atoms with van der Waals surface area (Å²) in [5, 5.41) is 0. The third-order valence-corrected chi connectivity index (χ3v) is 6.68. The summed E-state index contributed by atoms with van der Waals surface area (Å²) in [5.74, 6) is 0.499. The maximum atomic E-state index is 5.00. The zero-order valence-corrected chi connectivity index (χ0v) is 15.5. The van der Waals surface area contributed by atoms with Gasteiger partial charge in [0, 0.05) is 42.3 Å². The first-order valence-electron chi connectivity index (χ1n) is 6.91. The van der Waals surface area contributed by atoms with Crippen LogP contribution in [-0.2, 0) is 0 Å². The predicted molar refractivity (Wildman–Crippen MR) is 89.7 cm³/mol. The second kappa shape index (κ2) is 7.12. The van der Waals surface area contributed by atoms with Gasteiger partial charge in [0.15, 0.2) is 0 Å². The van der Waals surface area contributed by atoms with Gasteiger partial charge in [-0.2, -0.15) is 0 Å². The summed E-state index contributed by atoms with van der Waals surface area (Å²) in [7, 11) is 10.9. The van der Waals surface area contributed by atoms with E-state index in [-0.39, 0.29) is 0 Å². The number of hydrogen-bond acceptors (Lipinski definition) is 4. The molecule has 4 nitrogen and oxygen atoms in total. The van der Waals surface area contributed by atoms with Crippen molar-refractivity contribution in [1.29, 1.82) is 0 Å². The molecule has 0 amide bonds. The van der Waals surface area contributed by atoms with E-state index in [0.717, 1.165) is 6.42 Å². The van der Waals surface area contributed by atoms with E-state index in [2.05, 4.69) is 90.2 Å². The summed E-state index contributed by atoms with van der Waals surface area (Å²) in [6.07, 6.45) is 3.31. The second-order valence-corrected chi connectivity index (χ2v) is 10.8. The molecule has 0 bridgehead atoms. The minimum absolute atomic E-state index is 0.348. The zero-order chi connectivity index (χ0) is 15.4. The second-order valence-electron chi connectivity index (χ2n) is 7.08. The highest BCUT2D eigenvalue weighted by Gasteiger charge is 2.48. The first kappa shape index (κ1) is 19.0. The van der Waals surface area contributed by atoms with E-state index in [9.17, 15) is 0 Å². The van der Waals surface area contributed by atoms with E-state index in [4.69, 9.17) is 4.76 Å². The Balaban J connectivity index is 5.13. The molecule has 0 aliphatic heterocycles. The van der Waals surface area contributed by atoms with Crippen LogP contribution in [0.5, 0.6) is 0 Å². The van der Waals surface area contributed by atoms with Crippen molar-refractivity contribution in [3.63, 3.8) is 0 Å². The fourth-order valence-corrected chi connectivity index (χ4v) is 5.78. The summed E-state index contributed by atoms with van der Waals surface area (Å²) in [4.78, 5) is 0. The normalized spacial score (nSPS) is 16.1. The number of rotatable bonds is 6. The van der Waals surface area contributed by atoms with Gasteiger partial charge >= 0.3 is 7.87 Å². The van der Waals surface area contributed by atoms with Crippen molar-refractivity contribution >= 4 is 14.1 Å². The van der Waals surface area contributed by atoms with Crippen LogP contribution in [-0.4, -0.2) is 62.5 Å². The molecule has 0 aromatic rings. The van der Waals surface area contributed by atoms with Crippen LogP contribution in [0.3, 0.4) is 0 Å². The third kappa shape index (κ3) is 5.47.